The van der Waals surface area contributed by atoms with Crippen LogP contribution in [-0.4, -0.2) is 33.0 Å². The molecule has 1 aliphatic rings. The van der Waals surface area contributed by atoms with E-state index in [9.17, 15) is 18.9 Å². The molecule has 2 N–H and O–H groups in total. The molecule has 4 aromatic rings. The molecule has 0 spiro atoms. The maximum Gasteiger partial charge on any atom is 0.262 e. The van der Waals surface area contributed by atoms with Gasteiger partial charge < -0.3 is 10.4 Å². The normalized spacial score (nSPS) is 16.4. The number of rotatable bonds is 6. The van der Waals surface area contributed by atoms with Gasteiger partial charge >= 0.3 is 0 Å². The zero-order valence-electron chi connectivity index (χ0n) is 20.5. The first-order chi connectivity index (χ1) is 18.6. The monoisotopic (exact) mass is 522 g/mol. The molecule has 0 aliphatic carbocycles. The van der Waals surface area contributed by atoms with Crippen LogP contribution in [0.1, 0.15) is 27.1 Å². The maximum absolute atomic E-state index is 13.5. The molecule has 5 rings (SSSR count). The van der Waals surface area contributed by atoms with E-state index in [1.807, 2.05) is 48.5 Å². The van der Waals surface area contributed by atoms with Gasteiger partial charge in [0.25, 0.3) is 11.8 Å². The zero-order valence-corrected chi connectivity index (χ0v) is 21.3. The predicted octanol–water partition coefficient (Wildman–Crippen LogP) is 5.64. The minimum Gasteiger partial charge on any atom is -0.396 e. The van der Waals surface area contributed by atoms with Crippen LogP contribution in [-0.2, 0) is 10.8 Å². The van der Waals surface area contributed by atoms with Gasteiger partial charge in [0.2, 0.25) is 0 Å². The first-order valence-corrected chi connectivity index (χ1v) is 13.5. The molecule has 2 unspecified atom stereocenters. The third-order valence-electron chi connectivity index (χ3n) is 6.34. The average molecular weight is 523 g/mol. The molecular weight excluding hydrogens is 496 g/mol. The number of amides is 2. The summed E-state index contributed by atoms with van der Waals surface area (Å²) in [6.45, 7) is -0.0974. The van der Waals surface area contributed by atoms with E-state index in [2.05, 4.69) is 5.32 Å². The Morgan fingerprint density at radius 2 is 1.53 bits per heavy atom. The number of nitrogens with zero attached hydrogens (tertiary/aromatic N) is 1. The number of nitrogens with one attached hydrogen (secondary N) is 1. The van der Waals surface area contributed by atoms with Gasteiger partial charge in [-0.3, -0.25) is 18.7 Å². The number of para-hydroxylation sites is 1. The van der Waals surface area contributed by atoms with Crippen LogP contribution in [0.5, 0.6) is 0 Å². The van der Waals surface area contributed by atoms with Crippen LogP contribution in [0.3, 0.4) is 0 Å². The van der Waals surface area contributed by atoms with Crippen LogP contribution in [0.25, 0.3) is 11.1 Å². The van der Waals surface area contributed by atoms with Crippen molar-refractivity contribution in [2.75, 3.05) is 16.8 Å². The Hall–Kier alpha value is -4.33. The van der Waals surface area contributed by atoms with Crippen molar-refractivity contribution in [2.24, 2.45) is 0 Å². The molecule has 2 amide bonds. The van der Waals surface area contributed by atoms with Crippen molar-refractivity contribution >= 4 is 34.0 Å². The molecule has 38 heavy (non-hydrogen) atoms. The Kier molecular flexibility index (Phi) is 7.58. The highest BCUT2D eigenvalue weighted by Gasteiger charge is 2.27. The Balaban J connectivity index is 1.37. The van der Waals surface area contributed by atoms with Crippen LogP contribution in [0, 0.1) is 0 Å². The van der Waals surface area contributed by atoms with E-state index in [4.69, 9.17) is 0 Å². The molecule has 0 radical (unpaired) electrons. The molecule has 0 saturated heterocycles. The van der Waals surface area contributed by atoms with Crippen molar-refractivity contribution in [3.63, 3.8) is 0 Å². The lowest BCUT2D eigenvalue weighted by Gasteiger charge is -2.20. The fourth-order valence-electron chi connectivity index (χ4n) is 4.41. The molecule has 0 bridgehead atoms. The minimum atomic E-state index is -1.40. The number of anilines is 2. The highest BCUT2D eigenvalue weighted by molar-refractivity contribution is 7.86. The van der Waals surface area contributed by atoms with Gasteiger partial charge in [0, 0.05) is 29.6 Å². The summed E-state index contributed by atoms with van der Waals surface area (Å²) < 4.78 is 13.1. The largest absolute Gasteiger partial charge is 0.396 e. The number of fused-ring (bicyclic) bond motifs is 1. The quantitative estimate of drug-likeness (QED) is 0.343. The first kappa shape index (κ1) is 25.3. The summed E-state index contributed by atoms with van der Waals surface area (Å²) in [6.07, 6.45) is 3.67. The molecule has 4 aromatic carbocycles. The Bertz CT molecular complexity index is 1520. The lowest BCUT2D eigenvalue weighted by atomic mass is 9.99. The number of aliphatic hydroxyl groups is 1. The third kappa shape index (κ3) is 5.20. The molecule has 6 nitrogen and oxygen atoms in total. The van der Waals surface area contributed by atoms with Gasteiger partial charge in [-0.25, -0.2) is 0 Å². The number of hydrogen-bond acceptors (Lipinski definition) is 4. The second-order valence-electron chi connectivity index (χ2n) is 8.78. The molecule has 7 heteroatoms. The standard InChI is InChI=1S/C31H26N2O4S/c34-21-19-25-18-20-33(28-12-6-7-13-29(28)38(25)37)31(36)23-14-16-24(17-15-23)32-30(35)27-11-5-4-10-26(27)22-8-2-1-3-9-22/h1-18,20,25,34H,19,21H2,(H,32,35). The van der Waals surface area contributed by atoms with Crippen molar-refractivity contribution in [1.29, 1.82) is 0 Å². The van der Waals surface area contributed by atoms with Gasteiger partial charge in [0.1, 0.15) is 0 Å². The molecule has 0 fully saturated rings. The Morgan fingerprint density at radius 1 is 0.842 bits per heavy atom. The van der Waals surface area contributed by atoms with Crippen molar-refractivity contribution in [3.05, 3.63) is 127 Å². The smallest absolute Gasteiger partial charge is 0.262 e. The van der Waals surface area contributed by atoms with Crippen molar-refractivity contribution < 1.29 is 18.9 Å². The summed E-state index contributed by atoms with van der Waals surface area (Å²) in [5.41, 5.74) is 3.86. The summed E-state index contributed by atoms with van der Waals surface area (Å²) in [7, 11) is -1.40. The van der Waals surface area contributed by atoms with Gasteiger partial charge in [-0.2, -0.15) is 0 Å². The lowest BCUT2D eigenvalue weighted by molar-refractivity contribution is 0.0995. The van der Waals surface area contributed by atoms with E-state index < -0.39 is 16.0 Å². The molecule has 0 saturated carbocycles. The number of carbonyl (C=O) groups is 2. The Morgan fingerprint density at radius 3 is 2.29 bits per heavy atom. The van der Waals surface area contributed by atoms with Crippen molar-refractivity contribution in [1.82, 2.24) is 0 Å². The number of benzene rings is 4. The highest BCUT2D eigenvalue weighted by Crippen LogP contribution is 2.31. The average Bonchev–Trinajstić information content (AvgIpc) is 3.10. The fourth-order valence-corrected chi connectivity index (χ4v) is 5.86. The topological polar surface area (TPSA) is 86.7 Å². The van der Waals surface area contributed by atoms with Gasteiger partial charge in [0.05, 0.1) is 26.6 Å². The third-order valence-corrected chi connectivity index (χ3v) is 8.07. The highest BCUT2D eigenvalue weighted by atomic mass is 32.2. The summed E-state index contributed by atoms with van der Waals surface area (Å²) in [5.74, 6) is -0.534. The fraction of sp³-hybridized carbons (Fsp3) is 0.0968. The lowest BCUT2D eigenvalue weighted by Crippen LogP contribution is -2.25. The summed E-state index contributed by atoms with van der Waals surface area (Å²) >= 11 is 0. The predicted molar refractivity (Wildman–Crippen MR) is 151 cm³/mol. The maximum atomic E-state index is 13.5. The van der Waals surface area contributed by atoms with Gasteiger partial charge in [0.15, 0.2) is 0 Å². The van der Waals surface area contributed by atoms with Crippen LogP contribution < -0.4 is 10.2 Å². The second kappa shape index (κ2) is 11.4. The molecule has 2 atom stereocenters. The second-order valence-corrected chi connectivity index (χ2v) is 10.4. The summed E-state index contributed by atoms with van der Waals surface area (Å²) in [6, 6.07) is 30.9. The van der Waals surface area contributed by atoms with Gasteiger partial charge in [-0.15, -0.1) is 0 Å². The first-order valence-electron chi connectivity index (χ1n) is 12.2. The van der Waals surface area contributed by atoms with Crippen molar-refractivity contribution in [3.8, 4) is 11.1 Å². The van der Waals surface area contributed by atoms with E-state index in [0.29, 0.717) is 33.8 Å². The molecule has 0 aromatic heterocycles. The van der Waals surface area contributed by atoms with Gasteiger partial charge in [-0.05, 0) is 60.0 Å². The van der Waals surface area contributed by atoms with E-state index in [0.717, 1.165) is 11.1 Å². The summed E-state index contributed by atoms with van der Waals surface area (Å²) in [5, 5.41) is 11.9. The van der Waals surface area contributed by atoms with Crippen molar-refractivity contribution in [2.45, 2.75) is 16.6 Å². The number of aliphatic hydroxyl groups excluding tert-OH is 1. The Labute approximate surface area is 223 Å². The van der Waals surface area contributed by atoms with Gasteiger partial charge in [-0.1, -0.05) is 66.7 Å². The van der Waals surface area contributed by atoms with Crippen LogP contribution in [0.4, 0.5) is 11.4 Å². The van der Waals surface area contributed by atoms with Crippen LogP contribution >= 0.6 is 0 Å². The molecular formula is C31H26N2O4S. The van der Waals surface area contributed by atoms with E-state index in [1.54, 1.807) is 66.9 Å². The molecule has 1 heterocycles. The number of carbonyl (C=O) groups excluding carboxylic acids is 2. The van der Waals surface area contributed by atoms with Crippen LogP contribution in [0.2, 0.25) is 0 Å². The SMILES string of the molecule is O=C(Nc1ccc(C(=O)N2C=CC(CCO)S(=O)c3ccccc32)cc1)c1ccccc1-c1ccccc1. The molecule has 1 aliphatic heterocycles. The zero-order chi connectivity index (χ0) is 26.5. The van der Waals surface area contributed by atoms with E-state index in [-0.39, 0.29) is 18.4 Å². The number of hydrogen-bond donors (Lipinski definition) is 2. The van der Waals surface area contributed by atoms with E-state index in [1.165, 1.54) is 4.90 Å². The van der Waals surface area contributed by atoms with Crippen LogP contribution in [0.15, 0.2) is 120 Å². The molecule has 190 valence electrons. The van der Waals surface area contributed by atoms with E-state index >= 15 is 0 Å². The summed E-state index contributed by atoms with van der Waals surface area (Å²) in [4.78, 5) is 28.6. The minimum absolute atomic E-state index is 0.0974.